The fraction of sp³-hybridized carbons (Fsp3) is 0.500. The van der Waals surface area contributed by atoms with Crippen LogP contribution in [0.5, 0.6) is 0 Å². The van der Waals surface area contributed by atoms with Crippen molar-refractivity contribution in [1.29, 1.82) is 0 Å². The Hall–Kier alpha value is 0.0800. The molecular weight excluding hydrogens is 166 g/mol. The Morgan fingerprint density at radius 2 is 2.14 bits per heavy atom. The Morgan fingerprint density at radius 3 is 2.29 bits per heavy atom. The number of hydrogen-bond donors (Lipinski definition) is 0. The van der Waals surface area contributed by atoms with Crippen LogP contribution in [-0.2, 0) is 0 Å². The van der Waals surface area contributed by atoms with Gasteiger partial charge in [-0.15, -0.1) is 0 Å². The van der Waals surface area contributed by atoms with Gasteiger partial charge in [0.1, 0.15) is 13.3 Å². The molecule has 0 aromatic carbocycles. The predicted molar refractivity (Wildman–Crippen MR) is 29.0 cm³/mol. The third-order valence-electron chi connectivity index (χ3n) is 0.426. The lowest BCUT2D eigenvalue weighted by Crippen LogP contribution is -1.72. The van der Waals surface area contributed by atoms with Gasteiger partial charge >= 0.3 is 0 Å². The van der Waals surface area contributed by atoms with Crippen molar-refractivity contribution < 1.29 is 8.78 Å². The molecule has 0 aromatic heterocycles. The summed E-state index contributed by atoms with van der Waals surface area (Å²) < 4.78 is 22.7. The fourth-order valence-electron chi connectivity index (χ4n) is 0.138. The number of rotatable bonds is 2. The molecule has 7 heavy (non-hydrogen) atoms. The van der Waals surface area contributed by atoms with Crippen molar-refractivity contribution in [2.75, 3.05) is 13.3 Å². The fourth-order valence-corrected chi connectivity index (χ4v) is 0.261. The third-order valence-corrected chi connectivity index (χ3v) is 0.962. The van der Waals surface area contributed by atoms with Gasteiger partial charge in [0.05, 0.1) is 0 Å². The van der Waals surface area contributed by atoms with Gasteiger partial charge in [0.25, 0.3) is 0 Å². The average Bonchev–Trinajstić information content (AvgIpc) is 1.68. The zero-order chi connectivity index (χ0) is 5.70. The highest BCUT2D eigenvalue weighted by molar-refractivity contribution is 9.11. The summed E-state index contributed by atoms with van der Waals surface area (Å²) in [7, 11) is 0. The molecule has 0 radical (unpaired) electrons. The SMILES string of the molecule is FCC=C(Br)CF. The van der Waals surface area contributed by atoms with Crippen molar-refractivity contribution in [3.05, 3.63) is 10.6 Å². The minimum atomic E-state index is -0.621. The monoisotopic (exact) mass is 170 g/mol. The summed E-state index contributed by atoms with van der Waals surface area (Å²) in [4.78, 5) is 0. The van der Waals surface area contributed by atoms with Crippen molar-refractivity contribution in [3.63, 3.8) is 0 Å². The molecule has 0 saturated carbocycles. The molecule has 0 unspecified atom stereocenters. The van der Waals surface area contributed by atoms with E-state index in [1.54, 1.807) is 0 Å². The predicted octanol–water partition coefficient (Wildman–Crippen LogP) is 2.20. The van der Waals surface area contributed by atoms with E-state index in [0.29, 0.717) is 0 Å². The molecule has 0 heterocycles. The van der Waals surface area contributed by atoms with Crippen LogP contribution in [0.4, 0.5) is 8.78 Å². The Kier molecular flexibility index (Phi) is 4.29. The Bertz CT molecular complexity index is 70.1. The van der Waals surface area contributed by atoms with E-state index in [1.807, 2.05) is 0 Å². The van der Waals surface area contributed by atoms with E-state index in [-0.39, 0.29) is 4.48 Å². The molecule has 0 spiro atoms. The van der Waals surface area contributed by atoms with Gasteiger partial charge in [-0.05, 0) is 6.08 Å². The van der Waals surface area contributed by atoms with Crippen LogP contribution in [0.25, 0.3) is 0 Å². The van der Waals surface area contributed by atoms with Crippen molar-refractivity contribution in [2.24, 2.45) is 0 Å². The van der Waals surface area contributed by atoms with E-state index in [1.165, 1.54) is 0 Å². The molecule has 0 saturated heterocycles. The van der Waals surface area contributed by atoms with Gasteiger partial charge in [-0.1, -0.05) is 15.9 Å². The summed E-state index contributed by atoms with van der Waals surface area (Å²) in [5, 5.41) is 0. The molecule has 0 amide bonds. The maximum Gasteiger partial charge on any atom is 0.121 e. The molecule has 0 nitrogen and oxygen atoms in total. The van der Waals surface area contributed by atoms with Crippen LogP contribution in [0.15, 0.2) is 10.6 Å². The zero-order valence-electron chi connectivity index (χ0n) is 3.63. The number of allylic oxidation sites excluding steroid dienone is 2. The minimum Gasteiger partial charge on any atom is -0.247 e. The average molecular weight is 171 g/mol. The number of alkyl halides is 2. The molecule has 0 fully saturated rings. The summed E-state index contributed by atoms with van der Waals surface area (Å²) in [6.45, 7) is -1.23. The second-order valence-corrected chi connectivity index (χ2v) is 1.96. The van der Waals surface area contributed by atoms with Gasteiger partial charge in [-0.25, -0.2) is 8.78 Å². The first-order valence-corrected chi connectivity index (χ1v) is 2.57. The molecule has 3 heteroatoms. The normalized spacial score (nSPS) is 12.1. The van der Waals surface area contributed by atoms with E-state index in [4.69, 9.17) is 0 Å². The van der Waals surface area contributed by atoms with Gasteiger partial charge in [-0.2, -0.15) is 0 Å². The molecule has 0 bridgehead atoms. The number of hydrogen-bond acceptors (Lipinski definition) is 0. The maximum absolute atomic E-state index is 11.3. The smallest absolute Gasteiger partial charge is 0.121 e. The molecule has 42 valence electrons. The first-order valence-electron chi connectivity index (χ1n) is 1.77. The molecule has 0 N–H and O–H groups in total. The zero-order valence-corrected chi connectivity index (χ0v) is 5.21. The van der Waals surface area contributed by atoms with Crippen LogP contribution in [0.1, 0.15) is 0 Å². The topological polar surface area (TPSA) is 0 Å². The standard InChI is InChI=1S/C4H5BrF2/c5-4(3-7)1-2-6/h1H,2-3H2. The summed E-state index contributed by atoms with van der Waals surface area (Å²) in [5.74, 6) is 0. The van der Waals surface area contributed by atoms with Crippen molar-refractivity contribution in [2.45, 2.75) is 0 Å². The van der Waals surface area contributed by atoms with Crippen LogP contribution in [0.2, 0.25) is 0 Å². The molecule has 0 aliphatic carbocycles. The van der Waals surface area contributed by atoms with Gasteiger partial charge in [0, 0.05) is 4.48 Å². The summed E-state index contributed by atoms with van der Waals surface area (Å²) >= 11 is 2.78. The quantitative estimate of drug-likeness (QED) is 0.597. The Labute approximate surface area is 49.3 Å². The second kappa shape index (κ2) is 4.24. The highest BCUT2D eigenvalue weighted by Gasteiger charge is 1.84. The van der Waals surface area contributed by atoms with Crippen molar-refractivity contribution in [3.8, 4) is 0 Å². The molecule has 0 atom stereocenters. The lowest BCUT2D eigenvalue weighted by molar-refractivity contribution is 0.540. The molecule has 0 aliphatic rings. The summed E-state index contributed by atoms with van der Waals surface area (Å²) in [5.41, 5.74) is 0. The third kappa shape index (κ3) is 3.92. The molecule has 0 aromatic rings. The van der Waals surface area contributed by atoms with E-state index >= 15 is 0 Å². The second-order valence-electron chi connectivity index (χ2n) is 0.939. The van der Waals surface area contributed by atoms with Crippen molar-refractivity contribution >= 4 is 15.9 Å². The van der Waals surface area contributed by atoms with Crippen LogP contribution in [0.3, 0.4) is 0 Å². The largest absolute Gasteiger partial charge is 0.247 e. The molecule has 0 rings (SSSR count). The van der Waals surface area contributed by atoms with E-state index in [2.05, 4.69) is 15.9 Å². The van der Waals surface area contributed by atoms with Gasteiger partial charge in [0.15, 0.2) is 0 Å². The molecule has 0 aliphatic heterocycles. The highest BCUT2D eigenvalue weighted by Crippen LogP contribution is 2.03. The van der Waals surface area contributed by atoms with E-state index in [0.717, 1.165) is 6.08 Å². The lowest BCUT2D eigenvalue weighted by Gasteiger charge is -1.81. The lowest BCUT2D eigenvalue weighted by atomic mass is 10.6. The number of halogens is 3. The van der Waals surface area contributed by atoms with Crippen LogP contribution >= 0.6 is 15.9 Å². The van der Waals surface area contributed by atoms with E-state index < -0.39 is 13.3 Å². The first-order chi connectivity index (χ1) is 3.31. The maximum atomic E-state index is 11.3. The van der Waals surface area contributed by atoms with E-state index in [9.17, 15) is 8.78 Å². The van der Waals surface area contributed by atoms with Crippen LogP contribution in [-0.4, -0.2) is 13.3 Å². The Morgan fingerprint density at radius 1 is 1.57 bits per heavy atom. The summed E-state index contributed by atoms with van der Waals surface area (Å²) in [6, 6.07) is 0. The Balaban J connectivity index is 3.29. The molecular formula is C4H5BrF2. The van der Waals surface area contributed by atoms with Gasteiger partial charge < -0.3 is 0 Å². The summed E-state index contributed by atoms with van der Waals surface area (Å²) in [6.07, 6.45) is 1.14. The van der Waals surface area contributed by atoms with Crippen LogP contribution < -0.4 is 0 Å². The first kappa shape index (κ1) is 7.08. The highest BCUT2D eigenvalue weighted by atomic mass is 79.9. The van der Waals surface area contributed by atoms with Crippen LogP contribution in [0, 0.1) is 0 Å². The van der Waals surface area contributed by atoms with Gasteiger partial charge in [-0.3, -0.25) is 0 Å². The minimum absolute atomic E-state index is 0.273. The van der Waals surface area contributed by atoms with Gasteiger partial charge in [0.2, 0.25) is 0 Å². The van der Waals surface area contributed by atoms with Crippen molar-refractivity contribution in [1.82, 2.24) is 0 Å².